The molecule has 13 nitrogen and oxygen atoms in total. The molecular formula is C19H27NO12. The molecule has 10 atom stereocenters. The van der Waals surface area contributed by atoms with Crippen LogP contribution >= 0.6 is 0 Å². The van der Waals surface area contributed by atoms with Gasteiger partial charge in [-0.25, -0.2) is 4.79 Å². The first-order chi connectivity index (χ1) is 15.2. The third kappa shape index (κ3) is 4.92. The van der Waals surface area contributed by atoms with Crippen LogP contribution in [0.3, 0.4) is 0 Å². The Balaban J connectivity index is 1.71. The highest BCUT2D eigenvalue weighted by Crippen LogP contribution is 2.29. The topological polar surface area (TPSA) is 208 Å². The van der Waals surface area contributed by atoms with Crippen LogP contribution in [0.15, 0.2) is 18.3 Å². The predicted octanol–water partition coefficient (Wildman–Crippen LogP) is -3.83. The van der Waals surface area contributed by atoms with Crippen molar-refractivity contribution in [1.82, 2.24) is 4.98 Å². The molecule has 2 fully saturated rings. The van der Waals surface area contributed by atoms with Gasteiger partial charge in [-0.05, 0) is 19.1 Å². The second-order valence-corrected chi connectivity index (χ2v) is 7.55. The number of nitrogens with zero attached hydrogens (tertiary/aromatic N) is 1. The molecule has 2 saturated heterocycles. The van der Waals surface area contributed by atoms with Crippen LogP contribution < -0.4 is 0 Å². The Morgan fingerprint density at radius 2 is 1.56 bits per heavy atom. The maximum Gasteiger partial charge on any atom is 0.342 e. The zero-order valence-corrected chi connectivity index (χ0v) is 17.0. The summed E-state index contributed by atoms with van der Waals surface area (Å²) in [5, 5.41) is 69.8. The molecule has 2 aliphatic rings. The van der Waals surface area contributed by atoms with Crippen LogP contribution in [0, 0.1) is 6.92 Å². The first kappa shape index (κ1) is 24.9. The number of rotatable bonds is 6. The summed E-state index contributed by atoms with van der Waals surface area (Å²) in [6.45, 7) is 0.128. The van der Waals surface area contributed by atoms with Crippen molar-refractivity contribution in [2.24, 2.45) is 0 Å². The third-order valence-corrected chi connectivity index (χ3v) is 5.41. The largest absolute Gasteiger partial charge is 0.429 e. The molecule has 0 spiro atoms. The number of aliphatic hydroxyl groups is 7. The lowest BCUT2D eigenvalue weighted by Crippen LogP contribution is -2.64. The maximum absolute atomic E-state index is 12.4. The van der Waals surface area contributed by atoms with Gasteiger partial charge in [-0.3, -0.25) is 4.98 Å². The fraction of sp³-hybridized carbons (Fsp3) is 0.684. The molecule has 32 heavy (non-hydrogen) atoms. The molecule has 0 bridgehead atoms. The second-order valence-electron chi connectivity index (χ2n) is 7.55. The van der Waals surface area contributed by atoms with Crippen molar-refractivity contribution in [1.29, 1.82) is 0 Å². The minimum Gasteiger partial charge on any atom is -0.429 e. The minimum absolute atomic E-state index is 0.109. The summed E-state index contributed by atoms with van der Waals surface area (Å²) >= 11 is 0. The normalized spacial score (nSPS) is 40.1. The molecule has 3 heterocycles. The lowest BCUT2D eigenvalue weighted by Gasteiger charge is -2.45. The van der Waals surface area contributed by atoms with Gasteiger partial charge in [0.15, 0.2) is 6.29 Å². The summed E-state index contributed by atoms with van der Waals surface area (Å²) in [4.78, 5) is 16.4. The molecule has 1 aromatic rings. The van der Waals surface area contributed by atoms with E-state index < -0.39 is 80.6 Å². The molecule has 13 heteroatoms. The van der Waals surface area contributed by atoms with Gasteiger partial charge in [-0.15, -0.1) is 0 Å². The summed E-state index contributed by atoms with van der Waals surface area (Å²) in [5.74, 6) is -0.878. The third-order valence-electron chi connectivity index (χ3n) is 5.41. The minimum atomic E-state index is -1.81. The smallest absolute Gasteiger partial charge is 0.342 e. The summed E-state index contributed by atoms with van der Waals surface area (Å²) in [7, 11) is 0. The quantitative estimate of drug-likeness (QED) is 0.203. The van der Waals surface area contributed by atoms with E-state index in [2.05, 4.69) is 4.98 Å². The maximum atomic E-state index is 12.4. The van der Waals surface area contributed by atoms with Crippen molar-refractivity contribution in [3.63, 3.8) is 0 Å². The van der Waals surface area contributed by atoms with Crippen LogP contribution in [-0.4, -0.2) is 121 Å². The Morgan fingerprint density at radius 3 is 2.19 bits per heavy atom. The van der Waals surface area contributed by atoms with Crippen LogP contribution in [0.2, 0.25) is 0 Å². The summed E-state index contributed by atoms with van der Waals surface area (Å²) in [6, 6.07) is 2.96. The molecule has 0 aliphatic carbocycles. The van der Waals surface area contributed by atoms with E-state index in [0.29, 0.717) is 5.69 Å². The van der Waals surface area contributed by atoms with Gasteiger partial charge in [-0.2, -0.15) is 0 Å². The van der Waals surface area contributed by atoms with E-state index in [-0.39, 0.29) is 5.56 Å². The van der Waals surface area contributed by atoms with E-state index in [1.165, 1.54) is 18.3 Å². The van der Waals surface area contributed by atoms with Crippen molar-refractivity contribution < 1.29 is 59.5 Å². The lowest BCUT2D eigenvalue weighted by atomic mass is 9.97. The van der Waals surface area contributed by atoms with Crippen molar-refractivity contribution in [2.75, 3.05) is 13.2 Å². The highest BCUT2D eigenvalue weighted by atomic mass is 16.7. The highest BCUT2D eigenvalue weighted by molar-refractivity contribution is 5.90. The molecule has 0 saturated carbocycles. The molecule has 180 valence electrons. The molecule has 7 N–H and O–H groups in total. The zero-order valence-electron chi connectivity index (χ0n) is 17.0. The SMILES string of the molecule is Cc1ncccc1C(=O)OC1O[C@H](CO)[C@@H](O[C@@H]2O[C@H](CO)[C@H](O)[C@H](O)[C@H]2O)[C@H](O)[C@H]1O. The Kier molecular flexibility index (Phi) is 8.11. The van der Waals surface area contributed by atoms with Crippen LogP contribution in [-0.2, 0) is 18.9 Å². The first-order valence-corrected chi connectivity index (χ1v) is 9.90. The predicted molar refractivity (Wildman–Crippen MR) is 101 cm³/mol. The Morgan fingerprint density at radius 1 is 0.938 bits per heavy atom. The summed E-state index contributed by atoms with van der Waals surface area (Å²) < 4.78 is 21.2. The van der Waals surface area contributed by atoms with E-state index in [0.717, 1.165) is 0 Å². The summed E-state index contributed by atoms with van der Waals surface area (Å²) in [6.07, 6.45) is -14.7. The van der Waals surface area contributed by atoms with Gasteiger partial charge in [0.2, 0.25) is 6.29 Å². The van der Waals surface area contributed by atoms with Crippen molar-refractivity contribution in [3.8, 4) is 0 Å². The van der Waals surface area contributed by atoms with Gasteiger partial charge in [0, 0.05) is 6.20 Å². The average Bonchev–Trinajstić information content (AvgIpc) is 2.78. The van der Waals surface area contributed by atoms with E-state index in [4.69, 9.17) is 18.9 Å². The van der Waals surface area contributed by atoms with Gasteiger partial charge >= 0.3 is 5.97 Å². The monoisotopic (exact) mass is 461 g/mol. The Bertz CT molecular complexity index is 776. The van der Waals surface area contributed by atoms with Gasteiger partial charge < -0.3 is 54.7 Å². The molecule has 0 aromatic carbocycles. The molecule has 0 radical (unpaired) electrons. The number of hydrogen-bond acceptors (Lipinski definition) is 13. The lowest BCUT2D eigenvalue weighted by molar-refractivity contribution is -0.354. The number of esters is 1. The number of pyridine rings is 1. The molecule has 3 rings (SSSR count). The zero-order chi connectivity index (χ0) is 23.6. The van der Waals surface area contributed by atoms with Gasteiger partial charge in [0.1, 0.15) is 48.8 Å². The average molecular weight is 461 g/mol. The van der Waals surface area contributed by atoms with E-state index in [1.807, 2.05) is 0 Å². The van der Waals surface area contributed by atoms with Crippen molar-refractivity contribution in [2.45, 2.75) is 68.3 Å². The number of aliphatic hydroxyl groups excluding tert-OH is 7. The van der Waals surface area contributed by atoms with E-state index in [1.54, 1.807) is 6.92 Å². The fourth-order valence-electron chi connectivity index (χ4n) is 3.52. The number of aromatic nitrogens is 1. The number of hydrogen-bond donors (Lipinski definition) is 7. The van der Waals surface area contributed by atoms with Gasteiger partial charge in [-0.1, -0.05) is 0 Å². The number of carbonyl (C=O) groups excluding carboxylic acids is 1. The fourth-order valence-corrected chi connectivity index (χ4v) is 3.52. The first-order valence-electron chi connectivity index (χ1n) is 9.90. The Labute approximate surface area is 182 Å². The van der Waals surface area contributed by atoms with Crippen LogP contribution in [0.1, 0.15) is 16.1 Å². The molecule has 1 unspecified atom stereocenters. The van der Waals surface area contributed by atoms with Gasteiger partial charge in [0.05, 0.1) is 24.5 Å². The second kappa shape index (κ2) is 10.4. The highest BCUT2D eigenvalue weighted by Gasteiger charge is 2.51. The van der Waals surface area contributed by atoms with E-state index >= 15 is 0 Å². The van der Waals surface area contributed by atoms with Gasteiger partial charge in [0.25, 0.3) is 0 Å². The standard InChI is InChI=1S/C19H27NO12/c1-7-8(3-2-4-20-7)17(28)32-19-15(27)13(25)16(10(6-22)30-19)31-18-14(26)12(24)11(23)9(5-21)29-18/h2-4,9-16,18-19,21-27H,5-6H2,1H3/t9-,10-,11+,12+,13-,14-,15-,16-,18+,19?/m1/s1. The van der Waals surface area contributed by atoms with Crippen LogP contribution in [0.5, 0.6) is 0 Å². The van der Waals surface area contributed by atoms with Crippen molar-refractivity contribution >= 4 is 5.97 Å². The number of aryl methyl sites for hydroxylation is 1. The number of carbonyl (C=O) groups is 1. The van der Waals surface area contributed by atoms with Crippen molar-refractivity contribution in [3.05, 3.63) is 29.6 Å². The molecule has 1 aromatic heterocycles. The molecule has 2 aliphatic heterocycles. The van der Waals surface area contributed by atoms with E-state index in [9.17, 15) is 40.5 Å². The molecule has 0 amide bonds. The number of ether oxygens (including phenoxy) is 4. The summed E-state index contributed by atoms with van der Waals surface area (Å²) in [5.41, 5.74) is 0.476. The van der Waals surface area contributed by atoms with Crippen LogP contribution in [0.4, 0.5) is 0 Å². The Hall–Kier alpha value is -1.78. The van der Waals surface area contributed by atoms with Crippen LogP contribution in [0.25, 0.3) is 0 Å². The molecular weight excluding hydrogens is 434 g/mol.